The summed E-state index contributed by atoms with van der Waals surface area (Å²) in [5, 5.41) is 15.3. The number of methoxy groups -OCH3 is 2. The number of hydrogen-bond acceptors (Lipinski definition) is 5. The molecule has 0 saturated heterocycles. The number of carbonyl (C=O) groups is 1. The van der Waals surface area contributed by atoms with Crippen molar-refractivity contribution in [2.24, 2.45) is 0 Å². The van der Waals surface area contributed by atoms with Crippen molar-refractivity contribution in [2.45, 2.75) is 32.6 Å². The second kappa shape index (κ2) is 10.4. The normalized spacial score (nSPS) is 11.4. The molecule has 1 amide bonds. The molecular weight excluding hydrogens is 378 g/mol. The Hall–Kier alpha value is -3.46. The van der Waals surface area contributed by atoms with E-state index >= 15 is 0 Å². The van der Waals surface area contributed by atoms with E-state index < -0.39 is 5.91 Å². The zero-order chi connectivity index (χ0) is 22.1. The maximum atomic E-state index is 12.4. The van der Waals surface area contributed by atoms with E-state index in [4.69, 9.17) is 9.47 Å². The lowest BCUT2D eigenvalue weighted by Crippen LogP contribution is -2.27. The van der Waals surface area contributed by atoms with Gasteiger partial charge < -0.3 is 20.1 Å². The predicted octanol–water partition coefficient (Wildman–Crippen LogP) is 4.18. The zero-order valence-corrected chi connectivity index (χ0v) is 18.2. The molecule has 0 heterocycles. The smallest absolute Gasteiger partial charge is 0.263 e. The van der Waals surface area contributed by atoms with Crippen LogP contribution in [0.2, 0.25) is 0 Å². The highest BCUT2D eigenvalue weighted by Crippen LogP contribution is 2.29. The van der Waals surface area contributed by atoms with Gasteiger partial charge in [-0.05, 0) is 41.2 Å². The molecule has 0 aliphatic heterocycles. The van der Waals surface area contributed by atoms with Gasteiger partial charge in [0.25, 0.3) is 5.91 Å². The minimum absolute atomic E-state index is 0.0195. The van der Waals surface area contributed by atoms with Crippen LogP contribution in [0, 0.1) is 11.3 Å². The number of para-hydroxylation sites is 1. The van der Waals surface area contributed by atoms with Crippen LogP contribution < -0.4 is 20.1 Å². The van der Waals surface area contributed by atoms with Crippen LogP contribution in [0.15, 0.2) is 54.2 Å². The van der Waals surface area contributed by atoms with E-state index in [1.807, 2.05) is 48.5 Å². The summed E-state index contributed by atoms with van der Waals surface area (Å²) in [6.45, 7) is 6.74. The van der Waals surface area contributed by atoms with Crippen LogP contribution in [-0.2, 0) is 16.6 Å². The molecule has 30 heavy (non-hydrogen) atoms. The van der Waals surface area contributed by atoms with Gasteiger partial charge in [0.1, 0.15) is 11.6 Å². The number of anilines is 1. The highest BCUT2D eigenvalue weighted by atomic mass is 16.5. The first kappa shape index (κ1) is 22.8. The van der Waals surface area contributed by atoms with Gasteiger partial charge in [0.2, 0.25) is 0 Å². The van der Waals surface area contributed by atoms with Crippen molar-refractivity contribution in [1.82, 2.24) is 5.32 Å². The van der Waals surface area contributed by atoms with Crippen molar-refractivity contribution in [3.05, 3.63) is 65.4 Å². The third-order valence-electron chi connectivity index (χ3n) is 4.62. The molecule has 2 aromatic carbocycles. The lowest BCUT2D eigenvalue weighted by atomic mass is 9.86. The van der Waals surface area contributed by atoms with Crippen LogP contribution in [0.5, 0.6) is 11.5 Å². The average molecular weight is 408 g/mol. The van der Waals surface area contributed by atoms with Crippen LogP contribution >= 0.6 is 0 Å². The molecule has 2 aromatic rings. The van der Waals surface area contributed by atoms with Gasteiger partial charge in [-0.25, -0.2) is 0 Å². The van der Waals surface area contributed by atoms with Crippen molar-refractivity contribution in [3.8, 4) is 17.6 Å². The third kappa shape index (κ3) is 6.02. The Bertz CT molecular complexity index is 953. The van der Waals surface area contributed by atoms with Gasteiger partial charge in [0.05, 0.1) is 14.2 Å². The molecular formula is C24H29N3O3. The van der Waals surface area contributed by atoms with E-state index in [1.165, 1.54) is 6.20 Å². The first-order chi connectivity index (χ1) is 14.3. The minimum atomic E-state index is -0.418. The Kier molecular flexibility index (Phi) is 7.88. The summed E-state index contributed by atoms with van der Waals surface area (Å²) in [5.74, 6) is 0.876. The molecule has 0 aliphatic carbocycles. The fourth-order valence-electron chi connectivity index (χ4n) is 3.01. The second-order valence-corrected chi connectivity index (χ2v) is 7.80. The number of nitrogens with one attached hydrogen (secondary N) is 2. The molecule has 0 aromatic heterocycles. The van der Waals surface area contributed by atoms with Crippen molar-refractivity contribution < 1.29 is 14.3 Å². The van der Waals surface area contributed by atoms with Crippen LogP contribution in [0.3, 0.4) is 0 Å². The van der Waals surface area contributed by atoms with Gasteiger partial charge in [0.15, 0.2) is 11.5 Å². The molecule has 158 valence electrons. The molecule has 0 saturated carbocycles. The van der Waals surface area contributed by atoms with Crippen LogP contribution in [-0.4, -0.2) is 26.7 Å². The molecule has 0 radical (unpaired) electrons. The summed E-state index contributed by atoms with van der Waals surface area (Å²) in [6, 6.07) is 15.4. The highest BCUT2D eigenvalue weighted by Gasteiger charge is 2.17. The summed E-state index contributed by atoms with van der Waals surface area (Å²) < 4.78 is 10.5. The van der Waals surface area contributed by atoms with Crippen LogP contribution in [0.1, 0.15) is 31.9 Å². The van der Waals surface area contributed by atoms with Crippen molar-refractivity contribution in [1.29, 1.82) is 5.26 Å². The van der Waals surface area contributed by atoms with Gasteiger partial charge in [-0.15, -0.1) is 0 Å². The van der Waals surface area contributed by atoms with E-state index in [2.05, 4.69) is 31.4 Å². The quantitative estimate of drug-likeness (QED) is 0.507. The molecule has 6 nitrogen and oxygen atoms in total. The second-order valence-electron chi connectivity index (χ2n) is 7.80. The van der Waals surface area contributed by atoms with E-state index in [-0.39, 0.29) is 11.0 Å². The molecule has 6 heteroatoms. The fraction of sp³-hybridized carbons (Fsp3) is 0.333. The molecule has 0 unspecified atom stereocenters. The minimum Gasteiger partial charge on any atom is -0.493 e. The number of hydrogen-bond donors (Lipinski definition) is 2. The number of benzene rings is 2. The number of nitriles is 1. The van der Waals surface area contributed by atoms with E-state index in [0.717, 1.165) is 16.8 Å². The van der Waals surface area contributed by atoms with E-state index in [1.54, 1.807) is 14.2 Å². The van der Waals surface area contributed by atoms with Crippen molar-refractivity contribution in [3.63, 3.8) is 0 Å². The Labute approximate surface area is 178 Å². The first-order valence-corrected chi connectivity index (χ1v) is 9.75. The molecule has 0 fully saturated rings. The fourth-order valence-corrected chi connectivity index (χ4v) is 3.01. The predicted molar refractivity (Wildman–Crippen MR) is 119 cm³/mol. The van der Waals surface area contributed by atoms with Gasteiger partial charge >= 0.3 is 0 Å². The van der Waals surface area contributed by atoms with E-state index in [9.17, 15) is 10.1 Å². The molecule has 2 rings (SSSR count). The summed E-state index contributed by atoms with van der Waals surface area (Å²) in [5.41, 5.74) is 2.92. The lowest BCUT2D eigenvalue weighted by molar-refractivity contribution is -0.117. The SMILES string of the molecule is COc1ccc(CCNC(=O)/C(C#N)=C\Nc2ccccc2C(C)(C)C)cc1OC. The van der Waals surface area contributed by atoms with Crippen molar-refractivity contribution >= 4 is 11.6 Å². The first-order valence-electron chi connectivity index (χ1n) is 9.75. The number of rotatable bonds is 8. The summed E-state index contributed by atoms with van der Waals surface area (Å²) in [6.07, 6.45) is 2.06. The molecule has 0 aliphatic rings. The van der Waals surface area contributed by atoms with Crippen LogP contribution in [0.25, 0.3) is 0 Å². The van der Waals surface area contributed by atoms with Gasteiger partial charge in [-0.1, -0.05) is 45.0 Å². The Morgan fingerprint density at radius 3 is 2.43 bits per heavy atom. The zero-order valence-electron chi connectivity index (χ0n) is 18.2. The Morgan fingerprint density at radius 2 is 1.80 bits per heavy atom. The summed E-state index contributed by atoms with van der Waals surface area (Å²) in [7, 11) is 3.17. The van der Waals surface area contributed by atoms with Gasteiger partial charge in [-0.2, -0.15) is 5.26 Å². The highest BCUT2D eigenvalue weighted by molar-refractivity contribution is 5.97. The maximum Gasteiger partial charge on any atom is 0.263 e. The van der Waals surface area contributed by atoms with Gasteiger partial charge in [0, 0.05) is 18.4 Å². The van der Waals surface area contributed by atoms with E-state index in [0.29, 0.717) is 24.5 Å². The average Bonchev–Trinajstić information content (AvgIpc) is 2.73. The molecule has 0 atom stereocenters. The number of nitrogens with zero attached hydrogens (tertiary/aromatic N) is 1. The Morgan fingerprint density at radius 1 is 1.10 bits per heavy atom. The number of amides is 1. The molecule has 0 bridgehead atoms. The maximum absolute atomic E-state index is 12.4. The molecule has 0 spiro atoms. The summed E-state index contributed by atoms with van der Waals surface area (Å²) >= 11 is 0. The van der Waals surface area contributed by atoms with Crippen LogP contribution in [0.4, 0.5) is 5.69 Å². The Balaban J connectivity index is 2.00. The monoisotopic (exact) mass is 407 g/mol. The summed E-state index contributed by atoms with van der Waals surface area (Å²) in [4.78, 5) is 12.4. The van der Waals surface area contributed by atoms with Gasteiger partial charge in [-0.3, -0.25) is 4.79 Å². The number of carbonyl (C=O) groups excluding carboxylic acids is 1. The lowest BCUT2D eigenvalue weighted by Gasteiger charge is -2.22. The largest absolute Gasteiger partial charge is 0.493 e. The number of ether oxygens (including phenoxy) is 2. The third-order valence-corrected chi connectivity index (χ3v) is 4.62. The topological polar surface area (TPSA) is 83.4 Å². The molecule has 2 N–H and O–H groups in total. The standard InChI is InChI=1S/C24H29N3O3/c1-24(2,3)19-8-6-7-9-20(19)27-16-18(15-25)23(28)26-13-12-17-10-11-21(29-4)22(14-17)30-5/h6-11,14,16,27H,12-13H2,1-5H3,(H,26,28)/b18-16-. The van der Waals surface area contributed by atoms with Crippen molar-refractivity contribution in [2.75, 3.05) is 26.1 Å².